The van der Waals surface area contributed by atoms with Crippen LogP contribution in [0.2, 0.25) is 0 Å². The maximum absolute atomic E-state index is 13.1. The minimum atomic E-state index is -3.80. The number of aromatic nitrogens is 4. The molecular formula is C19H21N7O4S. The zero-order valence-corrected chi connectivity index (χ0v) is 17.6. The van der Waals surface area contributed by atoms with Gasteiger partial charge in [0.25, 0.3) is 5.91 Å². The number of hydrogen-bond acceptors (Lipinski definition) is 8. The standard InChI is InChI=1S/C19H21N7O4S/c1-30-16-4-3-14(11-15(16)19(20)27)31(28,29)25-9-7-24(8-10-25)17-12-18(22-13-21-17)26-6-2-5-23-26/h2-6,11-13H,7-10H2,1H3,(H2,20,27). The number of anilines is 1. The number of carbonyl (C=O) groups excluding carboxylic acids is 1. The highest BCUT2D eigenvalue weighted by Crippen LogP contribution is 2.25. The van der Waals surface area contributed by atoms with Crippen molar-refractivity contribution in [3.63, 3.8) is 0 Å². The second-order valence-electron chi connectivity index (χ2n) is 6.80. The third kappa shape index (κ3) is 4.07. The first-order valence-electron chi connectivity index (χ1n) is 9.45. The molecule has 4 rings (SSSR count). The Labute approximate surface area is 179 Å². The van der Waals surface area contributed by atoms with E-state index in [0.717, 1.165) is 0 Å². The molecule has 1 saturated heterocycles. The first-order valence-corrected chi connectivity index (χ1v) is 10.9. The molecular weight excluding hydrogens is 422 g/mol. The molecule has 1 aromatic carbocycles. The number of benzene rings is 1. The Bertz CT molecular complexity index is 1190. The first-order chi connectivity index (χ1) is 14.9. The van der Waals surface area contributed by atoms with Crippen molar-refractivity contribution in [2.24, 2.45) is 5.73 Å². The fraction of sp³-hybridized carbons (Fsp3) is 0.263. The molecule has 0 aliphatic carbocycles. The van der Waals surface area contributed by atoms with Crippen LogP contribution >= 0.6 is 0 Å². The third-order valence-corrected chi connectivity index (χ3v) is 6.91. The molecule has 2 aromatic heterocycles. The molecule has 3 heterocycles. The summed E-state index contributed by atoms with van der Waals surface area (Å²) in [4.78, 5) is 22.2. The van der Waals surface area contributed by atoms with Gasteiger partial charge in [0, 0.05) is 44.6 Å². The molecule has 11 nitrogen and oxygen atoms in total. The molecule has 3 aromatic rings. The second kappa shape index (κ2) is 8.32. The van der Waals surface area contributed by atoms with Crippen molar-refractivity contribution in [2.45, 2.75) is 4.90 Å². The molecule has 0 atom stereocenters. The highest BCUT2D eigenvalue weighted by molar-refractivity contribution is 7.89. The number of nitrogens with two attached hydrogens (primary N) is 1. The lowest BCUT2D eigenvalue weighted by Gasteiger charge is -2.34. The number of nitrogens with zero attached hydrogens (tertiary/aromatic N) is 6. The molecule has 1 aliphatic heterocycles. The van der Waals surface area contributed by atoms with Crippen LogP contribution in [0.3, 0.4) is 0 Å². The maximum atomic E-state index is 13.1. The van der Waals surface area contributed by atoms with Gasteiger partial charge >= 0.3 is 0 Å². The van der Waals surface area contributed by atoms with Gasteiger partial charge in [-0.2, -0.15) is 9.40 Å². The first kappa shape index (κ1) is 20.8. The summed E-state index contributed by atoms with van der Waals surface area (Å²) in [5, 5.41) is 4.16. The van der Waals surface area contributed by atoms with E-state index in [1.807, 2.05) is 4.90 Å². The molecule has 0 bridgehead atoms. The van der Waals surface area contributed by atoms with E-state index >= 15 is 0 Å². The summed E-state index contributed by atoms with van der Waals surface area (Å²) in [5.74, 6) is 0.795. The minimum absolute atomic E-state index is 0.00134. The fourth-order valence-electron chi connectivity index (χ4n) is 3.39. The number of sulfonamides is 1. The quantitative estimate of drug-likeness (QED) is 0.574. The van der Waals surface area contributed by atoms with E-state index in [1.165, 1.54) is 35.9 Å². The topological polar surface area (TPSA) is 137 Å². The number of methoxy groups -OCH3 is 1. The number of carbonyl (C=O) groups is 1. The van der Waals surface area contributed by atoms with Gasteiger partial charge in [0.05, 0.1) is 17.6 Å². The van der Waals surface area contributed by atoms with Gasteiger partial charge in [0.1, 0.15) is 17.9 Å². The van der Waals surface area contributed by atoms with E-state index in [1.54, 1.807) is 29.2 Å². The number of rotatable bonds is 6. The van der Waals surface area contributed by atoms with Crippen LogP contribution in [0, 0.1) is 0 Å². The Kier molecular flexibility index (Phi) is 5.57. The molecule has 12 heteroatoms. The predicted molar refractivity (Wildman–Crippen MR) is 112 cm³/mol. The second-order valence-corrected chi connectivity index (χ2v) is 8.74. The van der Waals surface area contributed by atoms with Crippen LogP contribution in [0.5, 0.6) is 5.75 Å². The maximum Gasteiger partial charge on any atom is 0.252 e. The minimum Gasteiger partial charge on any atom is -0.496 e. The zero-order valence-electron chi connectivity index (χ0n) is 16.7. The average Bonchev–Trinajstić information content (AvgIpc) is 3.34. The van der Waals surface area contributed by atoms with Gasteiger partial charge in [-0.3, -0.25) is 4.79 Å². The molecule has 31 heavy (non-hydrogen) atoms. The number of piperazine rings is 1. The Hall–Kier alpha value is -3.51. The summed E-state index contributed by atoms with van der Waals surface area (Å²) < 4.78 is 34.3. The lowest BCUT2D eigenvalue weighted by molar-refractivity contribution is 0.0997. The molecule has 1 fully saturated rings. The van der Waals surface area contributed by atoms with Gasteiger partial charge in [-0.05, 0) is 24.3 Å². The average molecular weight is 443 g/mol. The van der Waals surface area contributed by atoms with Crippen molar-refractivity contribution in [2.75, 3.05) is 38.2 Å². The monoisotopic (exact) mass is 443 g/mol. The highest BCUT2D eigenvalue weighted by atomic mass is 32.2. The largest absolute Gasteiger partial charge is 0.496 e. The van der Waals surface area contributed by atoms with Crippen molar-refractivity contribution < 1.29 is 17.9 Å². The van der Waals surface area contributed by atoms with Crippen molar-refractivity contribution >= 4 is 21.7 Å². The number of amides is 1. The predicted octanol–water partition coefficient (Wildman–Crippen LogP) is 0.281. The molecule has 1 aliphatic rings. The number of ether oxygens (including phenoxy) is 1. The fourth-order valence-corrected chi connectivity index (χ4v) is 4.84. The van der Waals surface area contributed by atoms with Crippen LogP contribution in [0.25, 0.3) is 5.82 Å². The molecule has 0 unspecified atom stereocenters. The van der Waals surface area contributed by atoms with Crippen LogP contribution in [0.4, 0.5) is 5.82 Å². The van der Waals surface area contributed by atoms with Crippen LogP contribution < -0.4 is 15.4 Å². The van der Waals surface area contributed by atoms with Crippen LogP contribution in [-0.2, 0) is 10.0 Å². The van der Waals surface area contributed by atoms with Crippen molar-refractivity contribution in [3.05, 3.63) is 54.6 Å². The van der Waals surface area contributed by atoms with Crippen molar-refractivity contribution in [1.29, 1.82) is 0 Å². The highest BCUT2D eigenvalue weighted by Gasteiger charge is 2.30. The molecule has 1 amide bonds. The van der Waals surface area contributed by atoms with E-state index in [0.29, 0.717) is 24.7 Å². The molecule has 2 N–H and O–H groups in total. The number of primary amides is 1. The lowest BCUT2D eigenvalue weighted by atomic mass is 10.2. The van der Waals surface area contributed by atoms with E-state index in [9.17, 15) is 13.2 Å². The summed E-state index contributed by atoms with van der Waals surface area (Å²) >= 11 is 0. The normalized spacial score (nSPS) is 15.1. The van der Waals surface area contributed by atoms with Crippen LogP contribution in [0.1, 0.15) is 10.4 Å². The van der Waals surface area contributed by atoms with E-state index in [2.05, 4.69) is 15.1 Å². The van der Waals surface area contributed by atoms with E-state index in [-0.39, 0.29) is 29.3 Å². The van der Waals surface area contributed by atoms with Crippen molar-refractivity contribution in [3.8, 4) is 11.6 Å². The van der Waals surface area contributed by atoms with Crippen molar-refractivity contribution in [1.82, 2.24) is 24.1 Å². The number of hydrogen-bond donors (Lipinski definition) is 1. The Morgan fingerprint density at radius 1 is 1.10 bits per heavy atom. The molecule has 0 spiro atoms. The van der Waals surface area contributed by atoms with Gasteiger partial charge in [-0.25, -0.2) is 23.1 Å². The van der Waals surface area contributed by atoms with Gasteiger partial charge in [0.2, 0.25) is 10.0 Å². The smallest absolute Gasteiger partial charge is 0.252 e. The summed E-state index contributed by atoms with van der Waals surface area (Å²) in [6.45, 7) is 1.43. The summed E-state index contributed by atoms with van der Waals surface area (Å²) in [5.41, 5.74) is 5.38. The van der Waals surface area contributed by atoms with Gasteiger partial charge in [-0.1, -0.05) is 0 Å². The molecule has 0 saturated carbocycles. The van der Waals surface area contributed by atoms with Gasteiger partial charge in [-0.15, -0.1) is 0 Å². The summed E-state index contributed by atoms with van der Waals surface area (Å²) in [6.07, 6.45) is 4.90. The Balaban J connectivity index is 1.50. The molecule has 162 valence electrons. The van der Waals surface area contributed by atoms with Crippen LogP contribution in [0.15, 0.2) is 53.9 Å². The Morgan fingerprint density at radius 3 is 2.48 bits per heavy atom. The van der Waals surface area contributed by atoms with E-state index in [4.69, 9.17) is 10.5 Å². The van der Waals surface area contributed by atoms with E-state index < -0.39 is 15.9 Å². The third-order valence-electron chi connectivity index (χ3n) is 5.01. The lowest BCUT2D eigenvalue weighted by Crippen LogP contribution is -2.49. The Morgan fingerprint density at radius 2 is 1.84 bits per heavy atom. The molecule has 0 radical (unpaired) electrons. The van der Waals surface area contributed by atoms with Gasteiger partial charge in [0.15, 0.2) is 5.82 Å². The zero-order chi connectivity index (χ0) is 22.0. The summed E-state index contributed by atoms with van der Waals surface area (Å²) in [6, 6.07) is 7.70. The van der Waals surface area contributed by atoms with Gasteiger partial charge < -0.3 is 15.4 Å². The summed E-state index contributed by atoms with van der Waals surface area (Å²) in [7, 11) is -2.41. The van der Waals surface area contributed by atoms with Crippen LogP contribution in [-0.4, -0.2) is 71.7 Å². The SMILES string of the molecule is COc1ccc(S(=O)(=O)N2CCN(c3cc(-n4cccn4)ncn3)CC2)cc1C(N)=O.